The Morgan fingerprint density at radius 2 is 2.10 bits per heavy atom. The summed E-state index contributed by atoms with van der Waals surface area (Å²) in [6.45, 7) is 2.68. The summed E-state index contributed by atoms with van der Waals surface area (Å²) in [7, 11) is 0. The van der Waals surface area contributed by atoms with Crippen molar-refractivity contribution in [1.82, 2.24) is 9.97 Å². The van der Waals surface area contributed by atoms with Gasteiger partial charge < -0.3 is 10.3 Å². The number of hydrogen-bond acceptors (Lipinski definition) is 3. The third-order valence-corrected chi connectivity index (χ3v) is 3.36. The van der Waals surface area contributed by atoms with E-state index in [9.17, 15) is 4.79 Å². The van der Waals surface area contributed by atoms with Crippen molar-refractivity contribution in [3.63, 3.8) is 0 Å². The Labute approximate surface area is 116 Å². The number of nitrogens with zero attached hydrogens (tertiary/aromatic N) is 1. The molecule has 2 heterocycles. The third-order valence-electron chi connectivity index (χ3n) is 3.36. The molecule has 3 rings (SSSR count). The molecule has 2 N–H and O–H groups in total. The van der Waals surface area contributed by atoms with Crippen molar-refractivity contribution in [3.8, 4) is 0 Å². The van der Waals surface area contributed by atoms with Crippen molar-refractivity contribution in [2.75, 3.05) is 5.32 Å². The molecule has 0 bridgehead atoms. The molecular formula is C16H15N3O. The number of aryl methyl sites for hydroxylation is 1. The van der Waals surface area contributed by atoms with Crippen LogP contribution in [0, 0.1) is 6.92 Å². The van der Waals surface area contributed by atoms with Gasteiger partial charge in [-0.3, -0.25) is 9.78 Å². The zero-order chi connectivity index (χ0) is 13.9. The summed E-state index contributed by atoms with van der Waals surface area (Å²) in [6.07, 6.45) is 3.60. The summed E-state index contributed by atoms with van der Waals surface area (Å²) in [6, 6.07) is 11.5. The molecule has 0 amide bonds. The molecule has 3 aromatic rings. The maximum Gasteiger partial charge on any atom is 0.257 e. The van der Waals surface area contributed by atoms with Crippen LogP contribution >= 0.6 is 0 Å². The molecule has 0 saturated heterocycles. The molecule has 1 aromatic carbocycles. The molecular weight excluding hydrogens is 250 g/mol. The molecule has 20 heavy (non-hydrogen) atoms. The highest BCUT2D eigenvalue weighted by atomic mass is 16.1. The first-order chi connectivity index (χ1) is 9.74. The largest absolute Gasteiger partial charge is 0.367 e. The van der Waals surface area contributed by atoms with Crippen molar-refractivity contribution in [1.29, 1.82) is 0 Å². The van der Waals surface area contributed by atoms with Gasteiger partial charge in [-0.05, 0) is 41.6 Å². The zero-order valence-corrected chi connectivity index (χ0v) is 11.2. The second kappa shape index (κ2) is 5.17. The van der Waals surface area contributed by atoms with E-state index in [-0.39, 0.29) is 5.56 Å². The normalized spacial score (nSPS) is 10.7. The van der Waals surface area contributed by atoms with Crippen molar-refractivity contribution in [2.24, 2.45) is 0 Å². The SMILES string of the molecule is Cc1cnccc1CNc1cc2ccccc2c(=O)[nH]1. The van der Waals surface area contributed by atoms with Crippen LogP contribution in [-0.2, 0) is 6.54 Å². The van der Waals surface area contributed by atoms with Gasteiger partial charge in [0.05, 0.1) is 0 Å². The minimum atomic E-state index is -0.0722. The predicted octanol–water partition coefficient (Wildman–Crippen LogP) is 2.84. The number of nitrogens with one attached hydrogen (secondary N) is 2. The van der Waals surface area contributed by atoms with Gasteiger partial charge in [0.1, 0.15) is 5.82 Å². The Morgan fingerprint density at radius 1 is 1.25 bits per heavy atom. The fourth-order valence-corrected chi connectivity index (χ4v) is 2.20. The molecule has 0 aliphatic carbocycles. The molecule has 0 aliphatic heterocycles. The molecule has 0 fully saturated rings. The summed E-state index contributed by atoms with van der Waals surface area (Å²) in [5, 5.41) is 4.89. The van der Waals surface area contributed by atoms with E-state index in [1.165, 1.54) is 0 Å². The maximum atomic E-state index is 12.0. The van der Waals surface area contributed by atoms with Gasteiger partial charge >= 0.3 is 0 Å². The Hall–Kier alpha value is -2.62. The van der Waals surface area contributed by atoms with Crippen LogP contribution in [0.1, 0.15) is 11.1 Å². The topological polar surface area (TPSA) is 57.8 Å². The van der Waals surface area contributed by atoms with Crippen LogP contribution in [-0.4, -0.2) is 9.97 Å². The lowest BCUT2D eigenvalue weighted by atomic mass is 10.1. The minimum Gasteiger partial charge on any atom is -0.367 e. The summed E-state index contributed by atoms with van der Waals surface area (Å²) in [4.78, 5) is 18.9. The highest BCUT2D eigenvalue weighted by molar-refractivity contribution is 5.83. The number of benzene rings is 1. The Kier molecular flexibility index (Phi) is 3.21. The fourth-order valence-electron chi connectivity index (χ4n) is 2.20. The summed E-state index contributed by atoms with van der Waals surface area (Å²) in [5.41, 5.74) is 2.22. The zero-order valence-electron chi connectivity index (χ0n) is 11.2. The molecule has 0 unspecified atom stereocenters. The molecule has 2 aromatic heterocycles. The standard InChI is InChI=1S/C16H15N3O/c1-11-9-17-7-6-13(11)10-18-15-8-12-4-2-3-5-14(12)16(20)19-15/h2-9H,10H2,1H3,(H2,18,19,20). The molecule has 0 atom stereocenters. The van der Waals surface area contributed by atoms with Gasteiger partial charge in [-0.15, -0.1) is 0 Å². The number of H-pyrrole nitrogens is 1. The number of aromatic amines is 1. The molecule has 0 aliphatic rings. The Morgan fingerprint density at radius 3 is 2.95 bits per heavy atom. The van der Waals surface area contributed by atoms with Gasteiger partial charge in [0.25, 0.3) is 5.56 Å². The summed E-state index contributed by atoms with van der Waals surface area (Å²) >= 11 is 0. The fraction of sp³-hybridized carbons (Fsp3) is 0.125. The average Bonchev–Trinajstić information content (AvgIpc) is 2.46. The van der Waals surface area contributed by atoms with Crippen LogP contribution in [0.15, 0.2) is 53.6 Å². The van der Waals surface area contributed by atoms with Crippen LogP contribution in [0.3, 0.4) is 0 Å². The Bertz CT molecular complexity index is 808. The first kappa shape index (κ1) is 12.4. The average molecular weight is 265 g/mol. The molecule has 4 nitrogen and oxygen atoms in total. The van der Waals surface area contributed by atoms with E-state index in [1.54, 1.807) is 6.20 Å². The number of aromatic nitrogens is 2. The van der Waals surface area contributed by atoms with E-state index < -0.39 is 0 Å². The van der Waals surface area contributed by atoms with Crippen LogP contribution < -0.4 is 10.9 Å². The van der Waals surface area contributed by atoms with Crippen molar-refractivity contribution >= 4 is 16.6 Å². The van der Waals surface area contributed by atoms with Gasteiger partial charge in [0.15, 0.2) is 0 Å². The van der Waals surface area contributed by atoms with Crippen molar-refractivity contribution in [2.45, 2.75) is 13.5 Å². The number of rotatable bonds is 3. The number of pyridine rings is 2. The number of anilines is 1. The lowest BCUT2D eigenvalue weighted by molar-refractivity contribution is 1.07. The minimum absolute atomic E-state index is 0.0722. The maximum absolute atomic E-state index is 12.0. The molecule has 0 saturated carbocycles. The second-order valence-corrected chi connectivity index (χ2v) is 4.76. The molecule has 0 radical (unpaired) electrons. The van der Waals surface area contributed by atoms with Gasteiger partial charge in [-0.2, -0.15) is 0 Å². The van der Waals surface area contributed by atoms with E-state index >= 15 is 0 Å². The van der Waals surface area contributed by atoms with Gasteiger partial charge in [0.2, 0.25) is 0 Å². The van der Waals surface area contributed by atoms with E-state index in [0.717, 1.165) is 22.3 Å². The molecule has 4 heteroatoms. The van der Waals surface area contributed by atoms with E-state index in [2.05, 4.69) is 15.3 Å². The third kappa shape index (κ3) is 2.40. The van der Waals surface area contributed by atoms with Crippen LogP contribution in [0.2, 0.25) is 0 Å². The summed E-state index contributed by atoms with van der Waals surface area (Å²) in [5.74, 6) is 0.727. The summed E-state index contributed by atoms with van der Waals surface area (Å²) < 4.78 is 0. The number of fused-ring (bicyclic) bond motifs is 1. The Balaban J connectivity index is 1.88. The molecule has 100 valence electrons. The van der Waals surface area contributed by atoms with Crippen LogP contribution in [0.25, 0.3) is 10.8 Å². The first-order valence-electron chi connectivity index (χ1n) is 6.49. The monoisotopic (exact) mass is 265 g/mol. The highest BCUT2D eigenvalue weighted by Crippen LogP contribution is 2.14. The lowest BCUT2D eigenvalue weighted by Crippen LogP contribution is -2.11. The quantitative estimate of drug-likeness (QED) is 0.765. The predicted molar refractivity (Wildman–Crippen MR) is 80.9 cm³/mol. The van der Waals surface area contributed by atoms with Gasteiger partial charge in [0, 0.05) is 24.3 Å². The highest BCUT2D eigenvalue weighted by Gasteiger charge is 2.02. The smallest absolute Gasteiger partial charge is 0.257 e. The van der Waals surface area contributed by atoms with Crippen LogP contribution in [0.5, 0.6) is 0 Å². The van der Waals surface area contributed by atoms with E-state index in [4.69, 9.17) is 0 Å². The van der Waals surface area contributed by atoms with Gasteiger partial charge in [-0.1, -0.05) is 18.2 Å². The van der Waals surface area contributed by atoms with Crippen LogP contribution in [0.4, 0.5) is 5.82 Å². The lowest BCUT2D eigenvalue weighted by Gasteiger charge is -2.09. The van der Waals surface area contributed by atoms with Crippen molar-refractivity contribution < 1.29 is 0 Å². The molecule has 0 spiro atoms. The van der Waals surface area contributed by atoms with Gasteiger partial charge in [-0.25, -0.2) is 0 Å². The van der Waals surface area contributed by atoms with E-state index in [1.807, 2.05) is 49.5 Å². The number of hydrogen-bond donors (Lipinski definition) is 2. The van der Waals surface area contributed by atoms with E-state index in [0.29, 0.717) is 11.9 Å². The van der Waals surface area contributed by atoms with Crippen molar-refractivity contribution in [3.05, 3.63) is 70.3 Å². The first-order valence-corrected chi connectivity index (χ1v) is 6.49. The second-order valence-electron chi connectivity index (χ2n) is 4.76.